The van der Waals surface area contributed by atoms with Crippen LogP contribution in [0.3, 0.4) is 0 Å². The fraction of sp³-hybridized carbons (Fsp3) is 0. The highest BCUT2D eigenvalue weighted by Crippen LogP contribution is 2.60. The van der Waals surface area contributed by atoms with Crippen molar-refractivity contribution >= 4 is 89.7 Å². The van der Waals surface area contributed by atoms with E-state index in [0.29, 0.717) is 0 Å². The molecule has 0 fully saturated rings. The number of fused-ring (bicyclic) bond motifs is 7. The van der Waals surface area contributed by atoms with Crippen molar-refractivity contribution in [2.24, 2.45) is 0 Å². The van der Waals surface area contributed by atoms with Crippen LogP contribution in [0.4, 0.5) is 0 Å². The van der Waals surface area contributed by atoms with Crippen LogP contribution in [-0.4, -0.2) is 4.98 Å². The van der Waals surface area contributed by atoms with Crippen LogP contribution in [0.25, 0.3) is 43.7 Å². The Bertz CT molecular complexity index is 2160. The molecule has 0 radical (unpaired) electrons. The Labute approximate surface area is 245 Å². The number of aromatic nitrogens is 1. The first-order valence-electron chi connectivity index (χ1n) is 13.2. The van der Waals surface area contributed by atoms with Gasteiger partial charge in [0.25, 0.3) is 0 Å². The topological polar surface area (TPSA) is 12.9 Å². The summed E-state index contributed by atoms with van der Waals surface area (Å²) in [5.74, 6) is 0. The average Bonchev–Trinajstić information content (AvgIpc) is 2.99. The minimum Gasteiger partial charge on any atom is -0.248 e. The molecule has 5 heteroatoms. The van der Waals surface area contributed by atoms with Crippen molar-refractivity contribution in [1.29, 1.82) is 0 Å². The molecule has 0 N–H and O–H groups in total. The summed E-state index contributed by atoms with van der Waals surface area (Å²) in [5.41, 5.74) is 3.17. The third-order valence-electron chi connectivity index (χ3n) is 8.02. The molecule has 3 heterocycles. The first kappa shape index (κ1) is 23.3. The number of nitrogens with zero attached hydrogens (tertiary/aromatic N) is 1. The van der Waals surface area contributed by atoms with Gasteiger partial charge in [-0.05, 0) is 70.1 Å². The van der Waals surface area contributed by atoms with Crippen molar-refractivity contribution in [3.63, 3.8) is 0 Å². The van der Waals surface area contributed by atoms with Crippen LogP contribution in [0, 0.1) is 0 Å². The van der Waals surface area contributed by atoms with Gasteiger partial charge in [0, 0.05) is 52.5 Å². The molecule has 0 unspecified atom stereocenters. The molecule has 0 amide bonds. The predicted molar refractivity (Wildman–Crippen MR) is 177 cm³/mol. The van der Waals surface area contributed by atoms with Gasteiger partial charge in [0.15, 0.2) is 0 Å². The second-order valence-electron chi connectivity index (χ2n) is 10.4. The number of hydrogen-bond donors (Lipinski definition) is 0. The van der Waals surface area contributed by atoms with Crippen LogP contribution in [0.2, 0.25) is 0 Å². The lowest BCUT2D eigenvalue weighted by molar-refractivity contribution is 1.32. The van der Waals surface area contributed by atoms with Gasteiger partial charge in [-0.3, -0.25) is 0 Å². The van der Waals surface area contributed by atoms with Gasteiger partial charge in [0.2, 0.25) is 0 Å². The SMILES string of the molecule is S=P12c3cc4ccccc4cc3Sc3cc(-c4ccc5ccccc5n4)cc(c31)Sc1cc3ccccc3cc12. The molecule has 0 bridgehead atoms. The van der Waals surface area contributed by atoms with E-state index < -0.39 is 6.04 Å². The molecular weight excluding hydrogens is 562 g/mol. The van der Waals surface area contributed by atoms with Crippen LogP contribution >= 0.6 is 29.6 Å². The van der Waals surface area contributed by atoms with E-state index in [0.717, 1.165) is 22.2 Å². The fourth-order valence-corrected chi connectivity index (χ4v) is 15.4. The van der Waals surface area contributed by atoms with Gasteiger partial charge in [-0.15, -0.1) is 0 Å². The first-order valence-corrected chi connectivity index (χ1v) is 17.7. The zero-order valence-corrected chi connectivity index (χ0v) is 24.5. The second kappa shape index (κ2) is 8.55. The normalized spacial score (nSPS) is 14.6. The van der Waals surface area contributed by atoms with E-state index in [1.54, 1.807) is 0 Å². The number of benzene rings is 6. The zero-order chi connectivity index (χ0) is 26.4. The number of hydrogen-bond acceptors (Lipinski definition) is 4. The number of pyridine rings is 1. The molecule has 2 aliphatic rings. The molecule has 7 aromatic rings. The summed E-state index contributed by atoms with van der Waals surface area (Å²) < 4.78 is 0. The van der Waals surface area contributed by atoms with Crippen molar-refractivity contribution in [3.05, 3.63) is 121 Å². The summed E-state index contributed by atoms with van der Waals surface area (Å²) in [5, 5.41) is 10.2. The Balaban J connectivity index is 1.35. The summed E-state index contributed by atoms with van der Waals surface area (Å²) >= 11 is 10.7. The third-order valence-corrected chi connectivity index (χ3v) is 15.8. The van der Waals surface area contributed by atoms with Crippen LogP contribution in [0.15, 0.2) is 141 Å². The van der Waals surface area contributed by atoms with E-state index in [4.69, 9.17) is 16.8 Å². The summed E-state index contributed by atoms with van der Waals surface area (Å²) in [6.45, 7) is 0. The Morgan fingerprint density at radius 2 is 1.00 bits per heavy atom. The van der Waals surface area contributed by atoms with Crippen molar-refractivity contribution in [3.8, 4) is 11.3 Å². The van der Waals surface area contributed by atoms with Crippen molar-refractivity contribution < 1.29 is 0 Å². The highest BCUT2D eigenvalue weighted by atomic mass is 32.4. The second-order valence-corrected chi connectivity index (χ2v) is 16.8. The zero-order valence-electron chi connectivity index (χ0n) is 21.2. The van der Waals surface area contributed by atoms with Gasteiger partial charge in [0.1, 0.15) is 0 Å². The van der Waals surface area contributed by atoms with E-state index in [1.165, 1.54) is 57.0 Å². The van der Waals surface area contributed by atoms with Gasteiger partial charge < -0.3 is 0 Å². The molecule has 0 saturated carbocycles. The summed E-state index contributed by atoms with van der Waals surface area (Å²) in [6, 6.07) is 41.9. The van der Waals surface area contributed by atoms with Crippen molar-refractivity contribution in [1.82, 2.24) is 4.98 Å². The molecule has 1 aromatic heterocycles. The molecular formula is C35H20NPS3. The minimum absolute atomic E-state index is 1.00. The van der Waals surface area contributed by atoms with Gasteiger partial charge in [-0.1, -0.05) is 108 Å². The van der Waals surface area contributed by atoms with Gasteiger partial charge >= 0.3 is 0 Å². The molecule has 0 atom stereocenters. The molecule has 0 saturated heterocycles. The lowest BCUT2D eigenvalue weighted by atomic mass is 10.1. The lowest BCUT2D eigenvalue weighted by Crippen LogP contribution is -2.34. The summed E-state index contributed by atoms with van der Waals surface area (Å²) in [7, 11) is 0. The van der Waals surface area contributed by atoms with E-state index in [1.807, 2.05) is 23.5 Å². The highest BCUT2D eigenvalue weighted by molar-refractivity contribution is 8.27. The van der Waals surface area contributed by atoms with Crippen LogP contribution in [0.5, 0.6) is 0 Å². The molecule has 0 spiro atoms. The molecule has 40 heavy (non-hydrogen) atoms. The maximum atomic E-state index is 6.98. The highest BCUT2D eigenvalue weighted by Gasteiger charge is 2.41. The number of rotatable bonds is 1. The monoisotopic (exact) mass is 581 g/mol. The molecule has 0 aliphatic carbocycles. The van der Waals surface area contributed by atoms with E-state index in [9.17, 15) is 0 Å². The Hall–Kier alpha value is -3.40. The molecule has 2 aliphatic heterocycles. The molecule has 188 valence electrons. The van der Waals surface area contributed by atoms with Crippen LogP contribution in [0.1, 0.15) is 0 Å². The maximum absolute atomic E-state index is 6.98. The molecule has 9 rings (SSSR count). The average molecular weight is 582 g/mol. The largest absolute Gasteiger partial charge is 0.248 e. The molecule has 6 aromatic carbocycles. The standard InChI is InChI=1S/C35H20NPS3/c38-37-29-15-22-8-1-3-10-24(22)17-31(29)39-33-19-26(28-14-13-21-7-5-6-12-27(21)36-28)20-34(35(33)37)40-32-18-25-11-4-2-9-23(25)16-30(32)37/h1-20H. The van der Waals surface area contributed by atoms with Crippen molar-refractivity contribution in [2.45, 2.75) is 19.6 Å². The lowest BCUT2D eigenvalue weighted by Gasteiger charge is -2.38. The van der Waals surface area contributed by atoms with Crippen LogP contribution < -0.4 is 15.9 Å². The third kappa shape index (κ3) is 3.31. The van der Waals surface area contributed by atoms with Gasteiger partial charge in [-0.25, -0.2) is 4.98 Å². The number of para-hydroxylation sites is 1. The quantitative estimate of drug-likeness (QED) is 0.180. The van der Waals surface area contributed by atoms with Gasteiger partial charge in [-0.2, -0.15) is 0 Å². The smallest absolute Gasteiger partial charge is 0.0710 e. The van der Waals surface area contributed by atoms with E-state index >= 15 is 0 Å². The molecule has 1 nitrogen and oxygen atoms in total. The Morgan fingerprint density at radius 1 is 0.500 bits per heavy atom. The van der Waals surface area contributed by atoms with Crippen molar-refractivity contribution in [2.75, 3.05) is 0 Å². The fourth-order valence-electron chi connectivity index (χ4n) is 6.10. The van der Waals surface area contributed by atoms with E-state index in [2.05, 4.69) is 121 Å². The van der Waals surface area contributed by atoms with Crippen LogP contribution in [-0.2, 0) is 11.8 Å². The van der Waals surface area contributed by atoms with E-state index in [-0.39, 0.29) is 0 Å². The minimum atomic E-state index is -2.30. The Morgan fingerprint density at radius 3 is 1.57 bits per heavy atom. The Kier molecular flexibility index (Phi) is 4.98. The summed E-state index contributed by atoms with van der Waals surface area (Å²) in [4.78, 5) is 10.2. The summed E-state index contributed by atoms with van der Waals surface area (Å²) in [6.07, 6.45) is 0. The first-order chi connectivity index (χ1) is 19.6. The van der Waals surface area contributed by atoms with Gasteiger partial charge in [0.05, 0.1) is 11.2 Å². The predicted octanol–water partition coefficient (Wildman–Crippen LogP) is 8.89. The maximum Gasteiger partial charge on any atom is 0.0710 e.